The molecule has 3 nitrogen and oxygen atoms in total. The van der Waals surface area contributed by atoms with Gasteiger partial charge >= 0.3 is 0 Å². The number of hydrogen-bond acceptors (Lipinski definition) is 2. The number of rotatable bonds is 3. The normalized spacial score (nSPS) is 48.4. The number of carbonyl (C=O) groups is 1. The first-order valence-corrected chi connectivity index (χ1v) is 7.26. The van der Waals surface area contributed by atoms with Crippen molar-refractivity contribution >= 4 is 5.91 Å². The monoisotopic (exact) mass is 234 g/mol. The Labute approximate surface area is 103 Å². The van der Waals surface area contributed by atoms with E-state index in [2.05, 4.69) is 5.32 Å². The van der Waals surface area contributed by atoms with Gasteiger partial charge in [-0.05, 0) is 55.8 Å². The van der Waals surface area contributed by atoms with E-state index in [1.165, 1.54) is 25.7 Å². The third-order valence-electron chi connectivity index (χ3n) is 6.22. The summed E-state index contributed by atoms with van der Waals surface area (Å²) < 4.78 is 0. The van der Waals surface area contributed by atoms with Crippen molar-refractivity contribution in [2.45, 2.75) is 44.6 Å². The summed E-state index contributed by atoms with van der Waals surface area (Å²) in [6, 6.07) is 0.526. The van der Waals surface area contributed by atoms with Crippen molar-refractivity contribution in [3.63, 3.8) is 0 Å². The lowest BCUT2D eigenvalue weighted by Gasteiger charge is -2.39. The van der Waals surface area contributed by atoms with E-state index in [9.17, 15) is 4.79 Å². The van der Waals surface area contributed by atoms with Gasteiger partial charge in [0.15, 0.2) is 0 Å². The van der Waals surface area contributed by atoms with Gasteiger partial charge in [-0.15, -0.1) is 0 Å². The molecular formula is C14H22N2O. The van der Waals surface area contributed by atoms with E-state index in [1.54, 1.807) is 0 Å². The molecule has 3 N–H and O–H groups in total. The number of nitrogens with one attached hydrogen (secondary N) is 1. The van der Waals surface area contributed by atoms with E-state index in [0.717, 1.165) is 36.5 Å². The first-order chi connectivity index (χ1) is 8.25. The van der Waals surface area contributed by atoms with Gasteiger partial charge in [-0.2, -0.15) is 0 Å². The minimum absolute atomic E-state index is 0.185. The second-order valence-electron chi connectivity index (χ2n) is 6.83. The van der Waals surface area contributed by atoms with E-state index in [4.69, 9.17) is 5.73 Å². The first kappa shape index (κ1) is 10.4. The second kappa shape index (κ2) is 3.25. The summed E-state index contributed by atoms with van der Waals surface area (Å²) in [6.07, 6.45) is 7.46. The highest BCUT2D eigenvalue weighted by Crippen LogP contribution is 2.65. The Kier molecular flexibility index (Phi) is 1.98. The van der Waals surface area contributed by atoms with Crippen LogP contribution in [-0.2, 0) is 4.79 Å². The number of carbonyl (C=O) groups excluding carboxylic acids is 1. The van der Waals surface area contributed by atoms with Crippen molar-refractivity contribution < 1.29 is 4.79 Å². The van der Waals surface area contributed by atoms with Crippen molar-refractivity contribution in [3.8, 4) is 0 Å². The molecule has 1 amide bonds. The average Bonchev–Trinajstić information content (AvgIpc) is 2.69. The topological polar surface area (TPSA) is 55.1 Å². The molecule has 4 unspecified atom stereocenters. The number of hydrogen-bond donors (Lipinski definition) is 2. The van der Waals surface area contributed by atoms with Gasteiger partial charge < -0.3 is 11.1 Å². The molecule has 0 heterocycles. The predicted molar refractivity (Wildman–Crippen MR) is 65.1 cm³/mol. The van der Waals surface area contributed by atoms with Crippen molar-refractivity contribution in [3.05, 3.63) is 0 Å². The van der Waals surface area contributed by atoms with Gasteiger partial charge in [0.2, 0.25) is 5.91 Å². The maximum Gasteiger partial charge on any atom is 0.227 e. The van der Waals surface area contributed by atoms with Gasteiger partial charge in [0.05, 0.1) is 5.41 Å². The quantitative estimate of drug-likeness (QED) is 0.773. The minimum atomic E-state index is -0.185. The highest BCUT2D eigenvalue weighted by molar-refractivity contribution is 5.84. The Morgan fingerprint density at radius 2 is 1.88 bits per heavy atom. The van der Waals surface area contributed by atoms with Crippen molar-refractivity contribution in [1.82, 2.24) is 5.32 Å². The molecular weight excluding hydrogens is 212 g/mol. The van der Waals surface area contributed by atoms with Crippen LogP contribution in [-0.4, -0.2) is 18.5 Å². The van der Waals surface area contributed by atoms with Gasteiger partial charge in [0.25, 0.3) is 0 Å². The highest BCUT2D eigenvalue weighted by Gasteiger charge is 2.66. The van der Waals surface area contributed by atoms with Crippen molar-refractivity contribution in [1.29, 1.82) is 0 Å². The standard InChI is InChI=1S/C14H22N2O/c15-7-14(4-1-5-14)13(17)16-12-10-8-2-3-9(6-8)11(10)12/h8-12H,1-7,15H2,(H,16,17). The molecule has 4 aliphatic rings. The largest absolute Gasteiger partial charge is 0.352 e. The molecule has 4 aliphatic carbocycles. The lowest BCUT2D eigenvalue weighted by molar-refractivity contribution is -0.135. The van der Waals surface area contributed by atoms with Crippen LogP contribution >= 0.6 is 0 Å². The van der Waals surface area contributed by atoms with Crippen LogP contribution in [0.15, 0.2) is 0 Å². The number of fused-ring (bicyclic) bond motifs is 5. The Morgan fingerprint density at radius 3 is 2.35 bits per heavy atom. The lowest BCUT2D eigenvalue weighted by atomic mass is 9.68. The molecule has 0 aromatic heterocycles. The van der Waals surface area contributed by atoms with Crippen LogP contribution in [0.4, 0.5) is 0 Å². The summed E-state index contributed by atoms with van der Waals surface area (Å²) in [4.78, 5) is 12.3. The molecule has 17 heavy (non-hydrogen) atoms. The van der Waals surface area contributed by atoms with Gasteiger partial charge in [-0.1, -0.05) is 6.42 Å². The lowest BCUT2D eigenvalue weighted by Crippen LogP contribution is -2.51. The van der Waals surface area contributed by atoms with Gasteiger partial charge in [-0.3, -0.25) is 4.79 Å². The Morgan fingerprint density at radius 1 is 1.24 bits per heavy atom. The van der Waals surface area contributed by atoms with Crippen molar-refractivity contribution in [2.75, 3.05) is 6.54 Å². The molecule has 4 saturated carbocycles. The van der Waals surface area contributed by atoms with Gasteiger partial charge in [0, 0.05) is 12.6 Å². The zero-order chi connectivity index (χ0) is 11.6. The summed E-state index contributed by atoms with van der Waals surface area (Å²) in [5.41, 5.74) is 5.60. The molecule has 0 spiro atoms. The molecule has 94 valence electrons. The SMILES string of the molecule is NCC1(C(=O)NC2C3C4CCC(C4)C23)CCC1. The molecule has 4 rings (SSSR count). The molecule has 3 heteroatoms. The smallest absolute Gasteiger partial charge is 0.227 e. The van der Waals surface area contributed by atoms with Gasteiger partial charge in [-0.25, -0.2) is 0 Å². The fraction of sp³-hybridized carbons (Fsp3) is 0.929. The van der Waals surface area contributed by atoms with Crippen LogP contribution in [0.25, 0.3) is 0 Å². The van der Waals surface area contributed by atoms with Gasteiger partial charge in [0.1, 0.15) is 0 Å². The summed E-state index contributed by atoms with van der Waals surface area (Å²) in [7, 11) is 0. The Bertz CT molecular complexity index is 342. The van der Waals surface area contributed by atoms with E-state index in [0.29, 0.717) is 12.6 Å². The highest BCUT2D eigenvalue weighted by atomic mass is 16.2. The first-order valence-electron chi connectivity index (χ1n) is 7.26. The average molecular weight is 234 g/mol. The van der Waals surface area contributed by atoms with E-state index < -0.39 is 0 Å². The maximum atomic E-state index is 12.3. The summed E-state index contributed by atoms with van der Waals surface area (Å²) in [5.74, 6) is 3.82. The zero-order valence-corrected chi connectivity index (χ0v) is 10.3. The van der Waals surface area contributed by atoms with Crippen LogP contribution in [0.1, 0.15) is 38.5 Å². The van der Waals surface area contributed by atoms with E-state index in [1.807, 2.05) is 0 Å². The fourth-order valence-corrected chi connectivity index (χ4v) is 4.95. The van der Waals surface area contributed by atoms with Crippen LogP contribution < -0.4 is 11.1 Å². The van der Waals surface area contributed by atoms with Crippen LogP contribution in [0.2, 0.25) is 0 Å². The van der Waals surface area contributed by atoms with Crippen LogP contribution in [0.5, 0.6) is 0 Å². The summed E-state index contributed by atoms with van der Waals surface area (Å²) in [6.45, 7) is 0.535. The molecule has 0 radical (unpaired) electrons. The minimum Gasteiger partial charge on any atom is -0.352 e. The van der Waals surface area contributed by atoms with Crippen LogP contribution in [0.3, 0.4) is 0 Å². The second-order valence-corrected chi connectivity index (χ2v) is 6.83. The summed E-state index contributed by atoms with van der Waals surface area (Å²) >= 11 is 0. The molecule has 4 atom stereocenters. The molecule has 0 saturated heterocycles. The fourth-order valence-electron chi connectivity index (χ4n) is 4.95. The third-order valence-corrected chi connectivity index (χ3v) is 6.22. The molecule has 0 aliphatic heterocycles. The zero-order valence-electron chi connectivity index (χ0n) is 10.3. The maximum absolute atomic E-state index is 12.3. The third kappa shape index (κ3) is 1.24. The number of nitrogens with two attached hydrogens (primary N) is 1. The molecule has 0 aromatic rings. The molecule has 0 aromatic carbocycles. The van der Waals surface area contributed by atoms with Crippen molar-refractivity contribution in [2.24, 2.45) is 34.8 Å². The molecule has 4 fully saturated rings. The summed E-state index contributed by atoms with van der Waals surface area (Å²) in [5, 5.41) is 3.33. The Hall–Kier alpha value is -0.570. The predicted octanol–water partition coefficient (Wildman–Crippen LogP) is 1.28. The van der Waals surface area contributed by atoms with E-state index >= 15 is 0 Å². The van der Waals surface area contributed by atoms with Crippen LogP contribution in [0, 0.1) is 29.1 Å². The molecule has 2 bridgehead atoms. The Balaban J connectivity index is 1.42. The van der Waals surface area contributed by atoms with E-state index in [-0.39, 0.29) is 11.3 Å². The number of amides is 1.